The summed E-state index contributed by atoms with van der Waals surface area (Å²) in [5.74, 6) is -3.82. The van der Waals surface area contributed by atoms with Crippen molar-refractivity contribution in [2.45, 2.75) is 90.3 Å². The number of halogens is 1. The average Bonchev–Trinajstić information content (AvgIpc) is 3.04. The molecule has 1 aliphatic carbocycles. The number of amides is 2. The van der Waals surface area contributed by atoms with Crippen molar-refractivity contribution in [2.75, 3.05) is 13.7 Å². The summed E-state index contributed by atoms with van der Waals surface area (Å²) in [5, 5.41) is 27.8. The Morgan fingerprint density at radius 2 is 1.77 bits per heavy atom. The zero-order valence-electron chi connectivity index (χ0n) is 27.6. The third kappa shape index (κ3) is 11.2. The maximum atomic E-state index is 13.4. The van der Waals surface area contributed by atoms with E-state index in [1.165, 1.54) is 19.3 Å². The van der Waals surface area contributed by atoms with Gasteiger partial charge in [-0.05, 0) is 54.5 Å². The van der Waals surface area contributed by atoms with Gasteiger partial charge in [0.2, 0.25) is 11.8 Å². The lowest BCUT2D eigenvalue weighted by Gasteiger charge is -2.32. The highest BCUT2D eigenvalue weighted by Gasteiger charge is 2.36. The van der Waals surface area contributed by atoms with E-state index in [2.05, 4.69) is 10.6 Å². The first-order valence-corrected chi connectivity index (χ1v) is 16.4. The largest absolute Gasteiger partial charge is 0.495 e. The molecular weight excluding hydrogens is 628 g/mol. The van der Waals surface area contributed by atoms with Crippen LogP contribution in [0.25, 0.3) is 0 Å². The monoisotopic (exact) mass is 674 g/mol. The molecule has 1 heterocycles. The molecule has 0 radical (unpaired) electrons. The summed E-state index contributed by atoms with van der Waals surface area (Å²) in [4.78, 5) is 52.9. The number of methoxy groups -OCH3 is 1. The van der Waals surface area contributed by atoms with Crippen molar-refractivity contribution in [3.63, 3.8) is 0 Å². The predicted molar refractivity (Wildman–Crippen MR) is 176 cm³/mol. The highest BCUT2D eigenvalue weighted by molar-refractivity contribution is 6.32. The topological polar surface area (TPSA) is 160 Å². The number of esters is 2. The Morgan fingerprint density at radius 1 is 1.02 bits per heavy atom. The van der Waals surface area contributed by atoms with E-state index in [0.29, 0.717) is 21.9 Å². The number of ether oxygens (including phenoxy) is 3. The lowest BCUT2D eigenvalue weighted by atomic mass is 9.87. The van der Waals surface area contributed by atoms with Crippen LogP contribution in [-0.2, 0) is 35.1 Å². The Morgan fingerprint density at radius 3 is 2.40 bits per heavy atom. The lowest BCUT2D eigenvalue weighted by molar-refractivity contribution is -0.178. The molecule has 0 aromatic heterocycles. The third-order valence-electron chi connectivity index (χ3n) is 8.20. The van der Waals surface area contributed by atoms with Gasteiger partial charge in [-0.25, -0.2) is 4.79 Å². The van der Waals surface area contributed by atoms with Crippen molar-refractivity contribution in [2.24, 2.45) is 17.8 Å². The van der Waals surface area contributed by atoms with Crippen molar-refractivity contribution in [1.82, 2.24) is 10.6 Å². The molecule has 12 heteroatoms. The Hall–Kier alpha value is -3.67. The van der Waals surface area contributed by atoms with Crippen molar-refractivity contribution in [3.8, 4) is 5.75 Å². The molecule has 1 aliphatic heterocycles. The fourth-order valence-corrected chi connectivity index (χ4v) is 5.58. The van der Waals surface area contributed by atoms with Gasteiger partial charge in [0.25, 0.3) is 0 Å². The lowest BCUT2D eigenvalue weighted by Crippen LogP contribution is -2.49. The molecule has 258 valence electrons. The van der Waals surface area contributed by atoms with Gasteiger partial charge in [-0.3, -0.25) is 14.4 Å². The average molecular weight is 675 g/mol. The number of aliphatic hydroxyl groups is 2. The summed E-state index contributed by atoms with van der Waals surface area (Å²) in [6, 6.07) is 4.01. The normalized spacial score (nSPS) is 25.9. The molecule has 0 spiro atoms. The van der Waals surface area contributed by atoms with Gasteiger partial charge in [0.05, 0.1) is 24.2 Å². The second-order valence-corrected chi connectivity index (χ2v) is 12.9. The molecule has 11 nitrogen and oxygen atoms in total. The van der Waals surface area contributed by atoms with Gasteiger partial charge >= 0.3 is 11.9 Å². The van der Waals surface area contributed by atoms with Crippen LogP contribution in [0.4, 0.5) is 0 Å². The van der Waals surface area contributed by atoms with Gasteiger partial charge in [0.1, 0.15) is 24.0 Å². The molecule has 0 fully saturated rings. The fraction of sp³-hybridized carbons (Fsp3) is 0.543. The summed E-state index contributed by atoms with van der Waals surface area (Å²) >= 11 is 6.28. The van der Waals surface area contributed by atoms with Gasteiger partial charge in [-0.2, -0.15) is 0 Å². The number of allylic oxidation sites excluding steroid dienone is 2. The molecule has 2 aliphatic rings. The van der Waals surface area contributed by atoms with E-state index in [4.69, 9.17) is 25.8 Å². The molecule has 0 saturated carbocycles. The highest BCUT2D eigenvalue weighted by Crippen LogP contribution is 2.27. The van der Waals surface area contributed by atoms with Crippen LogP contribution >= 0.6 is 11.6 Å². The van der Waals surface area contributed by atoms with E-state index in [0.717, 1.165) is 12.8 Å². The first-order chi connectivity index (χ1) is 22.3. The number of nitrogens with one attached hydrogen (secondary N) is 2. The molecule has 0 saturated heterocycles. The van der Waals surface area contributed by atoms with Crippen molar-refractivity contribution >= 4 is 35.4 Å². The summed E-state index contributed by atoms with van der Waals surface area (Å²) in [6.45, 7) is 6.82. The predicted octanol–water partition coefficient (Wildman–Crippen LogP) is 3.59. The zero-order valence-corrected chi connectivity index (χ0v) is 28.4. The van der Waals surface area contributed by atoms with Gasteiger partial charge in [0, 0.05) is 25.3 Å². The molecule has 3 rings (SSSR count). The fourth-order valence-electron chi connectivity index (χ4n) is 5.30. The van der Waals surface area contributed by atoms with Crippen LogP contribution in [0.15, 0.2) is 54.2 Å². The maximum absolute atomic E-state index is 13.4. The van der Waals surface area contributed by atoms with Crippen molar-refractivity contribution < 1.29 is 43.6 Å². The standard InChI is InChI=1S/C35H47ClN2O9/c1-20(2)16-29-35(44)46-27(22(4)31(40)32(41)24-10-7-6-8-11-24)12-9-13-30(39)38-26(33(42)37-19-21(3)34(43)47-29)18-23-14-15-28(45-5)25(36)17-23/h7,9-11,13-15,17,20-22,26-27,29,31-32,40-41H,6,8,12,16,18-19H2,1-5H3,(H,37,42)(H,38,39)/b13-9+/t21-,22+,26-,27+,29+,31-,32-/m1/s1. The minimum absolute atomic E-state index is 0.0112. The van der Waals surface area contributed by atoms with E-state index in [1.807, 2.05) is 26.0 Å². The minimum Gasteiger partial charge on any atom is -0.495 e. The van der Waals surface area contributed by atoms with Crippen LogP contribution in [0.5, 0.6) is 5.75 Å². The van der Waals surface area contributed by atoms with Crippen LogP contribution in [0, 0.1) is 17.8 Å². The molecule has 0 bridgehead atoms. The highest BCUT2D eigenvalue weighted by atomic mass is 35.5. The molecule has 2 amide bonds. The quantitative estimate of drug-likeness (QED) is 0.287. The molecule has 0 unspecified atom stereocenters. The maximum Gasteiger partial charge on any atom is 0.347 e. The summed E-state index contributed by atoms with van der Waals surface area (Å²) in [7, 11) is 1.49. The Balaban J connectivity index is 1.91. The number of carbonyl (C=O) groups excluding carboxylic acids is 4. The third-order valence-corrected chi connectivity index (χ3v) is 8.49. The van der Waals surface area contributed by atoms with Gasteiger partial charge in [-0.15, -0.1) is 0 Å². The first kappa shape index (κ1) is 37.8. The summed E-state index contributed by atoms with van der Waals surface area (Å²) in [5.41, 5.74) is 1.23. The molecule has 4 N–H and O–H groups in total. The van der Waals surface area contributed by atoms with Crippen LogP contribution in [0.2, 0.25) is 5.02 Å². The Labute approximate surface area is 281 Å². The minimum atomic E-state index is -1.31. The van der Waals surface area contributed by atoms with Crippen LogP contribution in [-0.4, -0.2) is 78.1 Å². The van der Waals surface area contributed by atoms with Crippen molar-refractivity contribution in [3.05, 3.63) is 64.7 Å². The number of benzene rings is 1. The van der Waals surface area contributed by atoms with Crippen molar-refractivity contribution in [1.29, 1.82) is 0 Å². The SMILES string of the molecule is COc1ccc(C[C@H]2NC(=O)/C=C/C[C@@H]([C@H](C)[C@@H](O)[C@H](O)C3=CCCC=C3)OC(=O)[C@H](CC(C)C)OC(=O)[C@H](C)CNC2=O)cc1Cl. The Kier molecular flexibility index (Phi) is 14.5. The first-order valence-electron chi connectivity index (χ1n) is 16.0. The van der Waals surface area contributed by atoms with Crippen LogP contribution in [0.1, 0.15) is 58.9 Å². The summed E-state index contributed by atoms with van der Waals surface area (Å²) in [6.07, 6.45) is 5.25. The summed E-state index contributed by atoms with van der Waals surface area (Å²) < 4.78 is 16.7. The molecule has 1 aromatic rings. The van der Waals surface area contributed by atoms with E-state index >= 15 is 0 Å². The number of hydrogen-bond donors (Lipinski definition) is 4. The number of hydrogen-bond acceptors (Lipinski definition) is 9. The van der Waals surface area contributed by atoms with E-state index in [1.54, 1.807) is 38.1 Å². The zero-order chi connectivity index (χ0) is 34.7. The second-order valence-electron chi connectivity index (χ2n) is 12.5. The van der Waals surface area contributed by atoms with Gasteiger partial charge in [0.15, 0.2) is 6.10 Å². The Bertz CT molecular complexity index is 1360. The number of aliphatic hydroxyl groups excluding tert-OH is 2. The smallest absolute Gasteiger partial charge is 0.347 e. The van der Waals surface area contributed by atoms with Crippen LogP contribution in [0.3, 0.4) is 0 Å². The van der Waals surface area contributed by atoms with E-state index in [9.17, 15) is 29.4 Å². The molecule has 47 heavy (non-hydrogen) atoms. The van der Waals surface area contributed by atoms with Gasteiger partial charge in [-0.1, -0.05) is 69.7 Å². The van der Waals surface area contributed by atoms with Gasteiger partial charge < -0.3 is 35.1 Å². The number of rotatable bonds is 9. The second kappa shape index (κ2) is 18.0. The van der Waals surface area contributed by atoms with E-state index < -0.39 is 66.0 Å². The number of carbonyl (C=O) groups is 4. The molecular formula is C35H47ClN2O9. The van der Waals surface area contributed by atoms with Crippen LogP contribution < -0.4 is 15.4 Å². The van der Waals surface area contributed by atoms with E-state index in [-0.39, 0.29) is 31.7 Å². The molecule has 1 aromatic carbocycles. The molecule has 7 atom stereocenters. The number of cyclic esters (lactones) is 2.